The van der Waals surface area contributed by atoms with Gasteiger partial charge >= 0.3 is 0 Å². The van der Waals surface area contributed by atoms with Crippen molar-refractivity contribution in [1.29, 1.82) is 0 Å². The summed E-state index contributed by atoms with van der Waals surface area (Å²) in [4.78, 5) is 2.30. The number of rotatable bonds is 5. The molecular weight excluding hydrogens is 348 g/mol. The van der Waals surface area contributed by atoms with Gasteiger partial charge in [-0.1, -0.05) is 58.8 Å². The zero-order valence-corrected chi connectivity index (χ0v) is 15.4. The number of aryl methyl sites for hydroxylation is 1. The Morgan fingerprint density at radius 2 is 1.96 bits per heavy atom. The highest BCUT2D eigenvalue weighted by Crippen LogP contribution is 2.27. The molecule has 0 unspecified atom stereocenters. The molecule has 0 spiro atoms. The first kappa shape index (κ1) is 17.2. The van der Waals surface area contributed by atoms with Crippen molar-refractivity contribution in [3.05, 3.63) is 82.1 Å². The summed E-state index contributed by atoms with van der Waals surface area (Å²) in [5.41, 5.74) is 4.54. The lowest BCUT2D eigenvalue weighted by molar-refractivity contribution is 0.0252. The van der Waals surface area contributed by atoms with E-state index in [0.717, 1.165) is 29.4 Å². The van der Waals surface area contributed by atoms with E-state index in [4.69, 9.17) is 16.3 Å². The third-order valence-corrected chi connectivity index (χ3v) is 4.77. The first-order valence-corrected chi connectivity index (χ1v) is 9.11. The van der Waals surface area contributed by atoms with Crippen LogP contribution in [0.1, 0.15) is 28.6 Å². The van der Waals surface area contributed by atoms with Gasteiger partial charge in [0.25, 0.3) is 0 Å². The Bertz CT molecular complexity index is 878. The molecule has 0 aliphatic carbocycles. The molecule has 5 nitrogen and oxygen atoms in total. The van der Waals surface area contributed by atoms with Crippen molar-refractivity contribution in [3.8, 4) is 0 Å². The van der Waals surface area contributed by atoms with Crippen LogP contribution in [-0.2, 0) is 17.8 Å². The molecule has 0 bridgehead atoms. The van der Waals surface area contributed by atoms with Crippen LogP contribution >= 0.6 is 11.6 Å². The number of aromatic nitrogens is 3. The van der Waals surface area contributed by atoms with Crippen LogP contribution in [-0.4, -0.2) is 33.0 Å². The van der Waals surface area contributed by atoms with Crippen molar-refractivity contribution >= 4 is 11.6 Å². The number of benzene rings is 2. The third-order valence-electron chi connectivity index (χ3n) is 4.52. The van der Waals surface area contributed by atoms with Crippen molar-refractivity contribution in [1.82, 2.24) is 19.9 Å². The van der Waals surface area contributed by atoms with E-state index in [0.29, 0.717) is 13.2 Å². The molecule has 1 aliphatic rings. The highest BCUT2D eigenvalue weighted by atomic mass is 35.5. The normalized spacial score (nSPS) is 17.7. The van der Waals surface area contributed by atoms with Crippen LogP contribution in [0.4, 0.5) is 0 Å². The van der Waals surface area contributed by atoms with E-state index >= 15 is 0 Å². The van der Waals surface area contributed by atoms with Crippen LogP contribution in [0.2, 0.25) is 5.02 Å². The van der Waals surface area contributed by atoms with Crippen LogP contribution in [0.25, 0.3) is 0 Å². The minimum absolute atomic E-state index is 0.144. The van der Waals surface area contributed by atoms with E-state index in [-0.39, 0.29) is 6.23 Å². The predicted octanol–water partition coefficient (Wildman–Crippen LogP) is 3.82. The molecule has 134 valence electrons. The van der Waals surface area contributed by atoms with E-state index in [1.54, 1.807) is 0 Å². The summed E-state index contributed by atoms with van der Waals surface area (Å²) in [7, 11) is 0. The number of hydrogen-bond donors (Lipinski definition) is 0. The highest BCUT2D eigenvalue weighted by molar-refractivity contribution is 6.30. The fraction of sp³-hybridized carbons (Fsp3) is 0.300. The lowest BCUT2D eigenvalue weighted by atomic mass is 10.1. The van der Waals surface area contributed by atoms with Gasteiger partial charge in [0, 0.05) is 18.1 Å². The molecule has 2 aromatic carbocycles. The first-order valence-electron chi connectivity index (χ1n) is 8.73. The highest BCUT2D eigenvalue weighted by Gasteiger charge is 2.29. The van der Waals surface area contributed by atoms with Gasteiger partial charge in [0.15, 0.2) is 6.23 Å². The van der Waals surface area contributed by atoms with E-state index in [9.17, 15) is 0 Å². The van der Waals surface area contributed by atoms with Crippen LogP contribution in [0, 0.1) is 6.92 Å². The molecule has 6 heteroatoms. The zero-order chi connectivity index (χ0) is 17.9. The molecular formula is C20H21ClN4O. The first-order chi connectivity index (χ1) is 12.7. The standard InChI is InChI=1S/C20H21ClN4O/c1-15-3-2-4-17(11-15)12-24-9-10-26-20(24)19-14-25(23-22-19)13-16-5-7-18(21)8-6-16/h2-8,11,14,20H,9-10,12-13H2,1H3/t20-/m0/s1. The predicted molar refractivity (Wildman–Crippen MR) is 101 cm³/mol. The molecule has 0 saturated carbocycles. The Morgan fingerprint density at radius 3 is 2.77 bits per heavy atom. The Kier molecular flexibility index (Phi) is 5.02. The van der Waals surface area contributed by atoms with Crippen molar-refractivity contribution in [2.24, 2.45) is 0 Å². The molecule has 1 aliphatic heterocycles. The van der Waals surface area contributed by atoms with Gasteiger partial charge in [-0.25, -0.2) is 4.68 Å². The van der Waals surface area contributed by atoms with Crippen LogP contribution in [0.15, 0.2) is 54.7 Å². The lowest BCUT2D eigenvalue weighted by Gasteiger charge is -2.21. The molecule has 1 saturated heterocycles. The van der Waals surface area contributed by atoms with Gasteiger partial charge in [-0.15, -0.1) is 5.10 Å². The van der Waals surface area contributed by atoms with Crippen molar-refractivity contribution in [3.63, 3.8) is 0 Å². The summed E-state index contributed by atoms with van der Waals surface area (Å²) >= 11 is 5.94. The van der Waals surface area contributed by atoms with Gasteiger partial charge in [-0.2, -0.15) is 0 Å². The van der Waals surface area contributed by atoms with E-state index in [2.05, 4.69) is 46.4 Å². The van der Waals surface area contributed by atoms with Crippen LogP contribution < -0.4 is 0 Å². The number of halogens is 1. The van der Waals surface area contributed by atoms with Gasteiger partial charge in [-0.05, 0) is 30.2 Å². The molecule has 1 aromatic heterocycles. The van der Waals surface area contributed by atoms with Gasteiger partial charge in [0.2, 0.25) is 0 Å². The third kappa shape index (κ3) is 3.96. The minimum atomic E-state index is -0.144. The van der Waals surface area contributed by atoms with Crippen molar-refractivity contribution < 1.29 is 4.74 Å². The molecule has 0 radical (unpaired) electrons. The average molecular weight is 369 g/mol. The fourth-order valence-electron chi connectivity index (χ4n) is 3.26. The largest absolute Gasteiger partial charge is 0.356 e. The topological polar surface area (TPSA) is 43.2 Å². The summed E-state index contributed by atoms with van der Waals surface area (Å²) in [5, 5.41) is 9.34. The quantitative estimate of drug-likeness (QED) is 0.686. The molecule has 3 aromatic rings. The van der Waals surface area contributed by atoms with Crippen LogP contribution in [0.5, 0.6) is 0 Å². The summed E-state index contributed by atoms with van der Waals surface area (Å²) < 4.78 is 7.76. The molecule has 4 rings (SSSR count). The number of ether oxygens (including phenoxy) is 1. The fourth-order valence-corrected chi connectivity index (χ4v) is 3.39. The van der Waals surface area contributed by atoms with Crippen molar-refractivity contribution in [2.45, 2.75) is 26.2 Å². The maximum absolute atomic E-state index is 5.94. The summed E-state index contributed by atoms with van der Waals surface area (Å²) in [5.74, 6) is 0. The molecule has 0 amide bonds. The monoisotopic (exact) mass is 368 g/mol. The average Bonchev–Trinajstić information content (AvgIpc) is 3.26. The van der Waals surface area contributed by atoms with E-state index < -0.39 is 0 Å². The minimum Gasteiger partial charge on any atom is -0.356 e. The SMILES string of the molecule is Cc1cccc(CN2CCO[C@H]2c2cn(Cc3ccc(Cl)cc3)nn2)c1. The lowest BCUT2D eigenvalue weighted by Crippen LogP contribution is -2.23. The number of nitrogens with zero attached hydrogens (tertiary/aromatic N) is 4. The smallest absolute Gasteiger partial charge is 0.157 e. The zero-order valence-electron chi connectivity index (χ0n) is 14.7. The second-order valence-electron chi connectivity index (χ2n) is 6.65. The Balaban J connectivity index is 1.46. The molecule has 0 N–H and O–H groups in total. The Labute approximate surface area is 158 Å². The Morgan fingerprint density at radius 1 is 1.12 bits per heavy atom. The van der Waals surface area contributed by atoms with E-state index in [1.807, 2.05) is 35.1 Å². The number of hydrogen-bond acceptors (Lipinski definition) is 4. The molecule has 26 heavy (non-hydrogen) atoms. The maximum Gasteiger partial charge on any atom is 0.157 e. The van der Waals surface area contributed by atoms with Gasteiger partial charge in [-0.3, -0.25) is 4.90 Å². The summed E-state index contributed by atoms with van der Waals surface area (Å²) in [6.07, 6.45) is 1.82. The maximum atomic E-state index is 5.94. The molecule has 1 fully saturated rings. The van der Waals surface area contributed by atoms with Gasteiger partial charge in [0.05, 0.1) is 19.3 Å². The van der Waals surface area contributed by atoms with Gasteiger partial charge in [0.1, 0.15) is 5.69 Å². The Hall–Kier alpha value is -2.21. The second kappa shape index (κ2) is 7.58. The molecule has 1 atom stereocenters. The van der Waals surface area contributed by atoms with Crippen molar-refractivity contribution in [2.75, 3.05) is 13.2 Å². The van der Waals surface area contributed by atoms with E-state index in [1.165, 1.54) is 11.1 Å². The summed E-state index contributed by atoms with van der Waals surface area (Å²) in [6.45, 7) is 5.22. The van der Waals surface area contributed by atoms with Crippen LogP contribution in [0.3, 0.4) is 0 Å². The second-order valence-corrected chi connectivity index (χ2v) is 7.09. The summed E-state index contributed by atoms with van der Waals surface area (Å²) in [6, 6.07) is 16.4. The molecule has 2 heterocycles. The van der Waals surface area contributed by atoms with Gasteiger partial charge < -0.3 is 4.74 Å².